The van der Waals surface area contributed by atoms with Crippen LogP contribution < -0.4 is 0 Å². The van der Waals surface area contributed by atoms with Gasteiger partial charge in [-0.2, -0.15) is 0 Å². The highest BCUT2D eigenvalue weighted by molar-refractivity contribution is 7.12. The van der Waals surface area contributed by atoms with Crippen molar-refractivity contribution in [3.05, 3.63) is 21.3 Å². The Kier molecular flexibility index (Phi) is 3.48. The van der Waals surface area contributed by atoms with Gasteiger partial charge in [-0.15, -0.1) is 11.3 Å². The number of thiophene rings is 1. The van der Waals surface area contributed by atoms with Crippen LogP contribution in [0.3, 0.4) is 0 Å². The molecule has 4 heteroatoms. The van der Waals surface area contributed by atoms with Gasteiger partial charge in [-0.1, -0.05) is 24.4 Å². The van der Waals surface area contributed by atoms with Gasteiger partial charge in [0.05, 0.1) is 15.4 Å². The number of nitrogens with zero attached hydrogens (tertiary/aromatic N) is 1. The van der Waals surface area contributed by atoms with Gasteiger partial charge in [-0.25, -0.2) is 0 Å². The molecular formula is C14H18ClNOS. The van der Waals surface area contributed by atoms with E-state index in [0.29, 0.717) is 5.02 Å². The first kappa shape index (κ1) is 12.6. The van der Waals surface area contributed by atoms with Crippen LogP contribution in [0.25, 0.3) is 0 Å². The molecule has 18 heavy (non-hydrogen) atoms. The number of rotatable bonds is 3. The minimum Gasteiger partial charge on any atom is -0.291 e. The van der Waals surface area contributed by atoms with Gasteiger partial charge in [0.15, 0.2) is 5.78 Å². The molecule has 0 N–H and O–H groups in total. The van der Waals surface area contributed by atoms with E-state index in [1.165, 1.54) is 37.0 Å². The summed E-state index contributed by atoms with van der Waals surface area (Å²) in [4.78, 5) is 16.1. The Labute approximate surface area is 117 Å². The maximum absolute atomic E-state index is 12.9. The topological polar surface area (TPSA) is 20.3 Å². The number of Topliss-reactive ketones (excluding diaryl/α,β-unsaturated/α-hetero) is 1. The number of likely N-dealkylation sites (tertiary alicyclic amines) is 1. The lowest BCUT2D eigenvalue weighted by molar-refractivity contribution is 0.0631. The van der Waals surface area contributed by atoms with Crippen LogP contribution >= 0.6 is 22.9 Å². The molecule has 1 aromatic heterocycles. The highest BCUT2D eigenvalue weighted by Crippen LogP contribution is 2.41. The number of hydrogen-bond acceptors (Lipinski definition) is 3. The van der Waals surface area contributed by atoms with Gasteiger partial charge in [-0.3, -0.25) is 9.69 Å². The minimum atomic E-state index is -0.231. The minimum absolute atomic E-state index is 0.231. The normalized spacial score (nSPS) is 23.6. The molecule has 0 amide bonds. The van der Waals surface area contributed by atoms with Crippen molar-refractivity contribution >= 4 is 28.7 Å². The lowest BCUT2D eigenvalue weighted by Gasteiger charge is -2.37. The second kappa shape index (κ2) is 4.95. The zero-order chi connectivity index (χ0) is 12.6. The van der Waals surface area contributed by atoms with Gasteiger partial charge in [0.25, 0.3) is 0 Å². The van der Waals surface area contributed by atoms with Crippen LogP contribution in [0.2, 0.25) is 5.02 Å². The predicted octanol–water partition coefficient (Wildman–Crippen LogP) is 3.99. The molecule has 1 aromatic rings. The van der Waals surface area contributed by atoms with Gasteiger partial charge < -0.3 is 0 Å². The molecule has 0 atom stereocenters. The number of halogens is 1. The summed E-state index contributed by atoms with van der Waals surface area (Å²) in [6.45, 7) is 2.16. The molecular weight excluding hydrogens is 266 g/mol. The van der Waals surface area contributed by atoms with Crippen molar-refractivity contribution in [2.75, 3.05) is 13.1 Å². The Morgan fingerprint density at radius 2 is 1.89 bits per heavy atom. The van der Waals surface area contributed by atoms with Crippen molar-refractivity contribution in [1.82, 2.24) is 4.90 Å². The Bertz CT molecular complexity index is 444. The summed E-state index contributed by atoms with van der Waals surface area (Å²) in [6.07, 6.45) is 6.83. The van der Waals surface area contributed by atoms with E-state index in [1.54, 1.807) is 0 Å². The van der Waals surface area contributed by atoms with Crippen molar-refractivity contribution in [2.45, 2.75) is 44.1 Å². The third-order valence-electron chi connectivity index (χ3n) is 4.39. The fraction of sp³-hybridized carbons (Fsp3) is 0.643. The SMILES string of the molecule is O=C(c1sccc1Cl)C1(N2CCCC2)CCCC1. The van der Waals surface area contributed by atoms with Gasteiger partial charge in [0.2, 0.25) is 0 Å². The summed E-state index contributed by atoms with van der Waals surface area (Å²) in [5.74, 6) is 0.280. The van der Waals surface area contributed by atoms with Gasteiger partial charge in [0, 0.05) is 0 Å². The van der Waals surface area contributed by atoms with Crippen molar-refractivity contribution < 1.29 is 4.79 Å². The number of carbonyl (C=O) groups excluding carboxylic acids is 1. The lowest BCUT2D eigenvalue weighted by atomic mass is 9.89. The van der Waals surface area contributed by atoms with E-state index in [-0.39, 0.29) is 11.3 Å². The van der Waals surface area contributed by atoms with Crippen molar-refractivity contribution in [2.24, 2.45) is 0 Å². The average Bonchev–Trinajstić information content (AvgIpc) is 3.10. The summed E-state index contributed by atoms with van der Waals surface area (Å²) in [7, 11) is 0. The van der Waals surface area contributed by atoms with E-state index in [4.69, 9.17) is 11.6 Å². The molecule has 0 radical (unpaired) electrons. The summed E-state index contributed by atoms with van der Waals surface area (Å²) in [5.41, 5.74) is -0.231. The lowest BCUT2D eigenvalue weighted by Crippen LogP contribution is -2.51. The molecule has 1 aliphatic carbocycles. The monoisotopic (exact) mass is 283 g/mol. The standard InChI is InChI=1S/C14H18ClNOS/c15-11-5-10-18-12(11)13(17)14(6-1-2-7-14)16-8-3-4-9-16/h5,10H,1-4,6-9H2. The summed E-state index contributed by atoms with van der Waals surface area (Å²) >= 11 is 7.65. The van der Waals surface area contributed by atoms with Gasteiger partial charge in [-0.05, 0) is 50.2 Å². The molecule has 0 spiro atoms. The van der Waals surface area contributed by atoms with Crippen molar-refractivity contribution in [1.29, 1.82) is 0 Å². The van der Waals surface area contributed by atoms with E-state index in [2.05, 4.69) is 4.90 Å². The molecule has 0 unspecified atom stereocenters. The Balaban J connectivity index is 1.94. The Hall–Kier alpha value is -0.380. The molecule has 2 nitrogen and oxygen atoms in total. The quantitative estimate of drug-likeness (QED) is 0.782. The molecule has 1 aliphatic heterocycles. The number of hydrogen-bond donors (Lipinski definition) is 0. The first-order valence-corrected chi connectivity index (χ1v) is 8.03. The average molecular weight is 284 g/mol. The highest BCUT2D eigenvalue weighted by Gasteiger charge is 2.47. The predicted molar refractivity (Wildman–Crippen MR) is 75.7 cm³/mol. The smallest absolute Gasteiger partial charge is 0.194 e. The second-order valence-corrected chi connectivity index (χ2v) is 6.68. The zero-order valence-electron chi connectivity index (χ0n) is 10.5. The molecule has 3 rings (SSSR count). The maximum Gasteiger partial charge on any atom is 0.194 e. The summed E-state index contributed by atoms with van der Waals surface area (Å²) in [5, 5.41) is 2.55. The van der Waals surface area contributed by atoms with Crippen LogP contribution in [0, 0.1) is 0 Å². The third kappa shape index (κ3) is 1.93. The molecule has 0 bridgehead atoms. The Morgan fingerprint density at radius 3 is 2.44 bits per heavy atom. The third-order valence-corrected chi connectivity index (χ3v) is 5.73. The van der Waals surface area contributed by atoms with Crippen LogP contribution in [-0.2, 0) is 0 Å². The van der Waals surface area contributed by atoms with Crippen LogP contribution in [0.1, 0.15) is 48.2 Å². The molecule has 0 aromatic carbocycles. The first-order chi connectivity index (χ1) is 8.74. The fourth-order valence-electron chi connectivity index (χ4n) is 3.46. The second-order valence-electron chi connectivity index (χ2n) is 5.36. The van der Waals surface area contributed by atoms with E-state index in [1.807, 2.05) is 11.4 Å². The molecule has 2 fully saturated rings. The summed E-state index contributed by atoms with van der Waals surface area (Å²) in [6, 6.07) is 1.84. The van der Waals surface area contributed by atoms with Crippen LogP contribution in [-0.4, -0.2) is 29.3 Å². The van der Waals surface area contributed by atoms with E-state index in [9.17, 15) is 4.79 Å². The maximum atomic E-state index is 12.9. The molecule has 2 heterocycles. The first-order valence-electron chi connectivity index (χ1n) is 6.77. The van der Waals surface area contributed by atoms with Gasteiger partial charge >= 0.3 is 0 Å². The number of ketones is 1. The number of carbonyl (C=O) groups is 1. The van der Waals surface area contributed by atoms with E-state index in [0.717, 1.165) is 30.8 Å². The largest absolute Gasteiger partial charge is 0.291 e. The fourth-order valence-corrected chi connectivity index (χ4v) is 4.63. The molecule has 1 saturated heterocycles. The van der Waals surface area contributed by atoms with Crippen LogP contribution in [0.15, 0.2) is 11.4 Å². The zero-order valence-corrected chi connectivity index (χ0v) is 12.0. The highest BCUT2D eigenvalue weighted by atomic mass is 35.5. The Morgan fingerprint density at radius 1 is 1.22 bits per heavy atom. The molecule has 98 valence electrons. The van der Waals surface area contributed by atoms with Crippen LogP contribution in [0.5, 0.6) is 0 Å². The molecule has 1 saturated carbocycles. The van der Waals surface area contributed by atoms with Crippen LogP contribution in [0.4, 0.5) is 0 Å². The van der Waals surface area contributed by atoms with Crippen molar-refractivity contribution in [3.63, 3.8) is 0 Å². The van der Waals surface area contributed by atoms with E-state index >= 15 is 0 Å². The summed E-state index contributed by atoms with van der Waals surface area (Å²) < 4.78 is 0. The van der Waals surface area contributed by atoms with E-state index < -0.39 is 0 Å². The van der Waals surface area contributed by atoms with Crippen molar-refractivity contribution in [3.8, 4) is 0 Å². The molecule has 2 aliphatic rings. The van der Waals surface area contributed by atoms with Gasteiger partial charge in [0.1, 0.15) is 0 Å².